The Morgan fingerprint density at radius 1 is 1.24 bits per heavy atom. The van der Waals surface area contributed by atoms with E-state index in [-0.39, 0.29) is 5.54 Å². The summed E-state index contributed by atoms with van der Waals surface area (Å²) < 4.78 is 0. The van der Waals surface area contributed by atoms with Gasteiger partial charge in [-0.25, -0.2) is 0 Å². The third-order valence-electron chi connectivity index (χ3n) is 3.22. The summed E-state index contributed by atoms with van der Waals surface area (Å²) in [6.07, 6.45) is 4.58. The lowest BCUT2D eigenvalue weighted by Crippen LogP contribution is -2.37. The van der Waals surface area contributed by atoms with Gasteiger partial charge in [-0.2, -0.15) is 0 Å². The molecule has 0 bridgehead atoms. The van der Waals surface area contributed by atoms with E-state index in [1.54, 1.807) is 5.56 Å². The Morgan fingerprint density at radius 2 is 2.00 bits per heavy atom. The van der Waals surface area contributed by atoms with Crippen molar-refractivity contribution in [2.45, 2.75) is 46.1 Å². The summed E-state index contributed by atoms with van der Waals surface area (Å²) in [5.74, 6) is 0. The minimum Gasteiger partial charge on any atom is -0.312 e. The zero-order valence-electron chi connectivity index (χ0n) is 11.4. The first-order valence-electron chi connectivity index (χ1n) is 6.49. The van der Waals surface area contributed by atoms with Crippen LogP contribution in [0.15, 0.2) is 23.8 Å². The lowest BCUT2D eigenvalue weighted by molar-refractivity contribution is 0.429. The van der Waals surface area contributed by atoms with Gasteiger partial charge in [-0.3, -0.25) is 0 Å². The first kappa shape index (κ1) is 12.4. The molecule has 1 nitrogen and oxygen atoms in total. The number of hydrogen-bond donors (Lipinski definition) is 1. The zero-order chi connectivity index (χ0) is 12.5. The Balaban J connectivity index is 2.03. The van der Waals surface area contributed by atoms with E-state index in [4.69, 9.17) is 0 Å². The summed E-state index contributed by atoms with van der Waals surface area (Å²) in [7, 11) is 0. The zero-order valence-corrected chi connectivity index (χ0v) is 11.4. The predicted molar refractivity (Wildman–Crippen MR) is 75.3 cm³/mol. The van der Waals surface area contributed by atoms with Crippen molar-refractivity contribution in [1.29, 1.82) is 0 Å². The van der Waals surface area contributed by atoms with Crippen LogP contribution in [0.5, 0.6) is 0 Å². The van der Waals surface area contributed by atoms with Crippen LogP contribution in [0.3, 0.4) is 0 Å². The average molecular weight is 229 g/mol. The van der Waals surface area contributed by atoms with Crippen LogP contribution in [0.4, 0.5) is 0 Å². The molecule has 92 valence electrons. The second-order valence-corrected chi connectivity index (χ2v) is 6.08. The SMILES string of the molecule is CC1=Cc2cccc(CCNC(C)(C)C)c2C1. The maximum absolute atomic E-state index is 3.56. The second kappa shape index (κ2) is 4.66. The minimum atomic E-state index is 0.214. The molecule has 0 saturated heterocycles. The van der Waals surface area contributed by atoms with Crippen molar-refractivity contribution in [2.24, 2.45) is 0 Å². The molecule has 0 spiro atoms. The fraction of sp³-hybridized carbons (Fsp3) is 0.500. The molecule has 0 amide bonds. The standard InChI is InChI=1S/C16H23N/c1-12-10-14-7-5-6-13(15(14)11-12)8-9-17-16(2,3)4/h5-7,10,17H,8-9,11H2,1-4H3. The molecule has 0 radical (unpaired) electrons. The van der Waals surface area contributed by atoms with Gasteiger partial charge in [-0.1, -0.05) is 29.8 Å². The largest absolute Gasteiger partial charge is 0.312 e. The number of hydrogen-bond acceptors (Lipinski definition) is 1. The molecular formula is C16H23N. The van der Waals surface area contributed by atoms with Crippen LogP contribution >= 0.6 is 0 Å². The Kier molecular flexibility index (Phi) is 3.39. The van der Waals surface area contributed by atoms with E-state index in [1.807, 2.05) is 0 Å². The Hall–Kier alpha value is -1.08. The Bertz CT molecular complexity index is 435. The van der Waals surface area contributed by atoms with Gasteiger partial charge in [0, 0.05) is 5.54 Å². The highest BCUT2D eigenvalue weighted by Gasteiger charge is 2.14. The molecule has 0 fully saturated rings. The van der Waals surface area contributed by atoms with Crippen molar-refractivity contribution in [3.8, 4) is 0 Å². The maximum Gasteiger partial charge on any atom is 0.00966 e. The molecule has 1 heteroatoms. The molecule has 0 heterocycles. The van der Waals surface area contributed by atoms with Crippen molar-refractivity contribution >= 4 is 6.08 Å². The molecule has 1 N–H and O–H groups in total. The average Bonchev–Trinajstić information content (AvgIpc) is 2.57. The summed E-state index contributed by atoms with van der Waals surface area (Å²) in [6.45, 7) is 9.92. The van der Waals surface area contributed by atoms with E-state index in [9.17, 15) is 0 Å². The topological polar surface area (TPSA) is 12.0 Å². The molecule has 2 rings (SSSR count). The highest BCUT2D eigenvalue weighted by atomic mass is 14.9. The third kappa shape index (κ3) is 3.19. The van der Waals surface area contributed by atoms with Crippen LogP contribution in [0.1, 0.15) is 44.4 Å². The number of allylic oxidation sites excluding steroid dienone is 1. The maximum atomic E-state index is 3.56. The van der Waals surface area contributed by atoms with Gasteiger partial charge in [-0.05, 0) is 63.8 Å². The summed E-state index contributed by atoms with van der Waals surface area (Å²) in [5.41, 5.74) is 6.17. The fourth-order valence-corrected chi connectivity index (χ4v) is 2.41. The molecule has 1 aliphatic rings. The quantitative estimate of drug-likeness (QED) is 0.835. The third-order valence-corrected chi connectivity index (χ3v) is 3.22. The Morgan fingerprint density at radius 3 is 2.71 bits per heavy atom. The normalized spacial score (nSPS) is 14.7. The Labute approximate surface area is 105 Å². The van der Waals surface area contributed by atoms with Gasteiger partial charge in [0.1, 0.15) is 0 Å². The molecule has 0 unspecified atom stereocenters. The minimum absolute atomic E-state index is 0.214. The number of rotatable bonds is 3. The summed E-state index contributed by atoms with van der Waals surface area (Å²) in [5, 5.41) is 3.56. The van der Waals surface area contributed by atoms with Crippen molar-refractivity contribution in [3.05, 3.63) is 40.5 Å². The van der Waals surface area contributed by atoms with Crippen LogP contribution in [0, 0.1) is 0 Å². The molecule has 0 atom stereocenters. The van der Waals surface area contributed by atoms with Gasteiger partial charge in [-0.15, -0.1) is 0 Å². The van der Waals surface area contributed by atoms with Crippen LogP contribution in [-0.2, 0) is 12.8 Å². The molecule has 0 saturated carbocycles. The van der Waals surface area contributed by atoms with Crippen LogP contribution < -0.4 is 5.32 Å². The summed E-state index contributed by atoms with van der Waals surface area (Å²) in [4.78, 5) is 0. The first-order chi connectivity index (χ1) is 7.96. The highest BCUT2D eigenvalue weighted by molar-refractivity contribution is 5.65. The number of benzene rings is 1. The number of fused-ring (bicyclic) bond motifs is 1. The van der Waals surface area contributed by atoms with E-state index in [0.29, 0.717) is 0 Å². The lowest BCUT2D eigenvalue weighted by Gasteiger charge is -2.21. The van der Waals surface area contributed by atoms with Crippen LogP contribution in [0.2, 0.25) is 0 Å². The van der Waals surface area contributed by atoms with E-state index in [1.165, 1.54) is 16.7 Å². The van der Waals surface area contributed by atoms with E-state index in [2.05, 4.69) is 57.3 Å². The summed E-state index contributed by atoms with van der Waals surface area (Å²) in [6, 6.07) is 6.68. The second-order valence-electron chi connectivity index (χ2n) is 6.08. The molecule has 1 aromatic rings. The molecule has 1 aromatic carbocycles. The van der Waals surface area contributed by atoms with E-state index >= 15 is 0 Å². The highest BCUT2D eigenvalue weighted by Crippen LogP contribution is 2.27. The fourth-order valence-electron chi connectivity index (χ4n) is 2.41. The van der Waals surface area contributed by atoms with Gasteiger partial charge in [0.15, 0.2) is 0 Å². The molecule has 17 heavy (non-hydrogen) atoms. The van der Waals surface area contributed by atoms with Gasteiger partial charge in [0.05, 0.1) is 0 Å². The molecular weight excluding hydrogens is 206 g/mol. The van der Waals surface area contributed by atoms with E-state index < -0.39 is 0 Å². The van der Waals surface area contributed by atoms with Gasteiger partial charge < -0.3 is 5.32 Å². The predicted octanol–water partition coefficient (Wildman–Crippen LogP) is 3.58. The first-order valence-corrected chi connectivity index (χ1v) is 6.49. The van der Waals surface area contributed by atoms with Gasteiger partial charge >= 0.3 is 0 Å². The van der Waals surface area contributed by atoms with Crippen LogP contribution in [0.25, 0.3) is 6.08 Å². The summed E-state index contributed by atoms with van der Waals surface area (Å²) >= 11 is 0. The molecule has 0 aliphatic heterocycles. The van der Waals surface area contributed by atoms with Crippen molar-refractivity contribution in [2.75, 3.05) is 6.54 Å². The smallest absolute Gasteiger partial charge is 0.00966 e. The van der Waals surface area contributed by atoms with Crippen LogP contribution in [-0.4, -0.2) is 12.1 Å². The lowest BCUT2D eigenvalue weighted by atomic mass is 9.99. The molecule has 1 aliphatic carbocycles. The monoisotopic (exact) mass is 229 g/mol. The van der Waals surface area contributed by atoms with E-state index in [0.717, 1.165) is 19.4 Å². The van der Waals surface area contributed by atoms with Crippen molar-refractivity contribution in [3.63, 3.8) is 0 Å². The van der Waals surface area contributed by atoms with Crippen molar-refractivity contribution < 1.29 is 0 Å². The van der Waals surface area contributed by atoms with Gasteiger partial charge in [0.2, 0.25) is 0 Å². The van der Waals surface area contributed by atoms with Crippen molar-refractivity contribution in [1.82, 2.24) is 5.32 Å². The number of nitrogens with one attached hydrogen (secondary N) is 1. The molecule has 0 aromatic heterocycles. The van der Waals surface area contributed by atoms with Gasteiger partial charge in [0.25, 0.3) is 0 Å².